The van der Waals surface area contributed by atoms with Crippen molar-refractivity contribution in [3.63, 3.8) is 0 Å². The molecular weight excluding hydrogens is 325 g/mol. The Hall–Kier alpha value is -2.01. The molecule has 24 heavy (non-hydrogen) atoms. The summed E-state index contributed by atoms with van der Waals surface area (Å²) in [6.45, 7) is 3.93. The normalized spacial score (nSPS) is 12.6. The first-order chi connectivity index (χ1) is 11.4. The minimum absolute atomic E-state index is 0.161. The molecule has 2 aromatic rings. The van der Waals surface area contributed by atoms with E-state index in [0.717, 1.165) is 11.1 Å². The smallest absolute Gasteiger partial charge is 0.230 e. The molecule has 0 aliphatic heterocycles. The molecular formula is C19H22FNO2S. The lowest BCUT2D eigenvalue weighted by Crippen LogP contribution is -2.41. The zero-order chi connectivity index (χ0) is 17.6. The fourth-order valence-corrected chi connectivity index (χ4v) is 3.37. The summed E-state index contributed by atoms with van der Waals surface area (Å²) in [7, 11) is -1.03. The SMILES string of the molecule is CC(C)(C(=O)NCC[S@@](=O)Cc1ccccc1)c1ccc(F)cc1. The van der Waals surface area contributed by atoms with Crippen molar-refractivity contribution < 1.29 is 13.4 Å². The zero-order valence-electron chi connectivity index (χ0n) is 13.9. The topological polar surface area (TPSA) is 46.2 Å². The largest absolute Gasteiger partial charge is 0.354 e. The molecule has 0 saturated carbocycles. The summed E-state index contributed by atoms with van der Waals surface area (Å²) in [5.74, 6) is 0.398. The van der Waals surface area contributed by atoms with E-state index in [1.807, 2.05) is 30.3 Å². The van der Waals surface area contributed by atoms with E-state index in [-0.39, 0.29) is 11.7 Å². The minimum atomic E-state index is -1.03. The number of rotatable bonds is 7. The number of carbonyl (C=O) groups is 1. The maximum Gasteiger partial charge on any atom is 0.230 e. The van der Waals surface area contributed by atoms with Crippen LogP contribution < -0.4 is 5.32 Å². The summed E-state index contributed by atoms with van der Waals surface area (Å²) >= 11 is 0. The number of hydrogen-bond acceptors (Lipinski definition) is 2. The molecule has 0 heterocycles. The second-order valence-electron chi connectivity index (χ2n) is 6.16. The van der Waals surface area contributed by atoms with Crippen LogP contribution in [0.5, 0.6) is 0 Å². The molecule has 0 saturated heterocycles. The van der Waals surface area contributed by atoms with Crippen LogP contribution in [0.1, 0.15) is 25.0 Å². The fourth-order valence-electron chi connectivity index (χ4n) is 2.33. The molecule has 0 aliphatic rings. The number of benzene rings is 2. The third-order valence-electron chi connectivity index (χ3n) is 3.92. The summed E-state index contributed by atoms with van der Waals surface area (Å²) in [4.78, 5) is 12.4. The van der Waals surface area contributed by atoms with Crippen molar-refractivity contribution in [1.82, 2.24) is 5.32 Å². The van der Waals surface area contributed by atoms with E-state index in [4.69, 9.17) is 0 Å². The van der Waals surface area contributed by atoms with Crippen LogP contribution in [0.25, 0.3) is 0 Å². The predicted octanol–water partition coefficient (Wildman–Crippen LogP) is 3.17. The molecule has 0 radical (unpaired) electrons. The monoisotopic (exact) mass is 347 g/mol. The zero-order valence-corrected chi connectivity index (χ0v) is 14.7. The Morgan fingerprint density at radius 1 is 1.08 bits per heavy atom. The lowest BCUT2D eigenvalue weighted by Gasteiger charge is -2.24. The van der Waals surface area contributed by atoms with E-state index in [0.29, 0.717) is 18.1 Å². The van der Waals surface area contributed by atoms with Gasteiger partial charge in [0.15, 0.2) is 0 Å². The Bertz CT molecular complexity index is 699. The fraction of sp³-hybridized carbons (Fsp3) is 0.316. The highest BCUT2D eigenvalue weighted by molar-refractivity contribution is 7.84. The second kappa shape index (κ2) is 8.20. The summed E-state index contributed by atoms with van der Waals surface area (Å²) < 4.78 is 25.1. The van der Waals surface area contributed by atoms with Gasteiger partial charge in [-0.25, -0.2) is 4.39 Å². The Morgan fingerprint density at radius 2 is 1.71 bits per heavy atom. The third kappa shape index (κ3) is 4.99. The van der Waals surface area contributed by atoms with Gasteiger partial charge in [0.1, 0.15) is 5.82 Å². The van der Waals surface area contributed by atoms with E-state index in [2.05, 4.69) is 5.32 Å². The van der Waals surface area contributed by atoms with Gasteiger partial charge in [-0.1, -0.05) is 42.5 Å². The van der Waals surface area contributed by atoms with E-state index < -0.39 is 16.2 Å². The first-order valence-electron chi connectivity index (χ1n) is 7.83. The number of carbonyl (C=O) groups excluding carboxylic acids is 1. The molecule has 0 unspecified atom stereocenters. The van der Waals surface area contributed by atoms with Crippen molar-refractivity contribution >= 4 is 16.7 Å². The number of halogens is 1. The lowest BCUT2D eigenvalue weighted by atomic mass is 9.84. The molecule has 128 valence electrons. The van der Waals surface area contributed by atoms with Gasteiger partial charge in [-0.15, -0.1) is 0 Å². The van der Waals surface area contributed by atoms with Gasteiger partial charge in [0.25, 0.3) is 0 Å². The molecule has 0 fully saturated rings. The Labute approximate surface area is 144 Å². The molecule has 1 atom stereocenters. The van der Waals surface area contributed by atoms with Gasteiger partial charge in [-0.2, -0.15) is 0 Å². The van der Waals surface area contributed by atoms with Crippen LogP contribution in [0, 0.1) is 5.82 Å². The highest BCUT2D eigenvalue weighted by Crippen LogP contribution is 2.23. The van der Waals surface area contributed by atoms with Crippen molar-refractivity contribution in [2.75, 3.05) is 12.3 Å². The van der Waals surface area contributed by atoms with Crippen molar-refractivity contribution in [3.05, 3.63) is 71.5 Å². The average molecular weight is 347 g/mol. The summed E-state index contributed by atoms with van der Waals surface area (Å²) in [5, 5.41) is 2.83. The molecule has 3 nitrogen and oxygen atoms in total. The summed E-state index contributed by atoms with van der Waals surface area (Å²) in [5.41, 5.74) is 0.995. The van der Waals surface area contributed by atoms with Crippen LogP contribution in [-0.2, 0) is 26.8 Å². The molecule has 0 spiro atoms. The van der Waals surface area contributed by atoms with Gasteiger partial charge in [0.2, 0.25) is 5.91 Å². The highest BCUT2D eigenvalue weighted by Gasteiger charge is 2.29. The van der Waals surface area contributed by atoms with Crippen LogP contribution in [0.3, 0.4) is 0 Å². The van der Waals surface area contributed by atoms with Gasteiger partial charge in [0.05, 0.1) is 5.41 Å². The molecule has 1 N–H and O–H groups in total. The van der Waals surface area contributed by atoms with E-state index in [1.165, 1.54) is 12.1 Å². The minimum Gasteiger partial charge on any atom is -0.354 e. The Balaban J connectivity index is 1.84. The van der Waals surface area contributed by atoms with E-state index >= 15 is 0 Å². The molecule has 5 heteroatoms. The van der Waals surface area contributed by atoms with Gasteiger partial charge < -0.3 is 5.32 Å². The summed E-state index contributed by atoms with van der Waals surface area (Å²) in [6.07, 6.45) is 0. The van der Waals surface area contributed by atoms with Crippen LogP contribution in [0.2, 0.25) is 0 Å². The van der Waals surface area contributed by atoms with Crippen molar-refractivity contribution in [1.29, 1.82) is 0 Å². The standard InChI is InChI=1S/C19H22FNO2S/c1-19(2,16-8-10-17(20)11-9-16)18(22)21-12-13-24(23)14-15-6-4-3-5-7-15/h3-11H,12-14H2,1-2H3,(H,21,22)/t24-/m1/s1. The van der Waals surface area contributed by atoms with Crippen molar-refractivity contribution in [2.24, 2.45) is 0 Å². The molecule has 0 bridgehead atoms. The third-order valence-corrected chi connectivity index (χ3v) is 5.23. The lowest BCUT2D eigenvalue weighted by molar-refractivity contribution is -0.125. The quantitative estimate of drug-likeness (QED) is 0.836. The first-order valence-corrected chi connectivity index (χ1v) is 9.31. The molecule has 2 rings (SSSR count). The maximum absolute atomic E-state index is 13.0. The molecule has 2 aromatic carbocycles. The van der Waals surface area contributed by atoms with E-state index in [1.54, 1.807) is 26.0 Å². The molecule has 1 amide bonds. The number of nitrogens with one attached hydrogen (secondary N) is 1. The predicted molar refractivity (Wildman–Crippen MR) is 95.6 cm³/mol. The van der Waals surface area contributed by atoms with Gasteiger partial charge in [0, 0.05) is 28.9 Å². The van der Waals surface area contributed by atoms with E-state index in [9.17, 15) is 13.4 Å². The van der Waals surface area contributed by atoms with Crippen molar-refractivity contribution in [2.45, 2.75) is 25.0 Å². The Morgan fingerprint density at radius 3 is 2.33 bits per heavy atom. The highest BCUT2D eigenvalue weighted by atomic mass is 32.2. The van der Waals surface area contributed by atoms with Gasteiger partial charge in [-0.3, -0.25) is 9.00 Å². The Kier molecular flexibility index (Phi) is 6.26. The maximum atomic E-state index is 13.0. The molecule has 0 aliphatic carbocycles. The van der Waals surface area contributed by atoms with Crippen LogP contribution in [0.4, 0.5) is 4.39 Å². The number of amides is 1. The van der Waals surface area contributed by atoms with Gasteiger partial charge in [-0.05, 0) is 37.1 Å². The van der Waals surface area contributed by atoms with Crippen LogP contribution in [0.15, 0.2) is 54.6 Å². The average Bonchev–Trinajstić information content (AvgIpc) is 2.56. The van der Waals surface area contributed by atoms with Crippen molar-refractivity contribution in [3.8, 4) is 0 Å². The van der Waals surface area contributed by atoms with Crippen LogP contribution in [-0.4, -0.2) is 22.4 Å². The first kappa shape index (κ1) is 18.3. The number of hydrogen-bond donors (Lipinski definition) is 1. The summed E-state index contributed by atoms with van der Waals surface area (Å²) in [6, 6.07) is 15.6. The van der Waals surface area contributed by atoms with Crippen LogP contribution >= 0.6 is 0 Å². The molecule has 0 aromatic heterocycles. The van der Waals surface area contributed by atoms with Gasteiger partial charge >= 0.3 is 0 Å². The second-order valence-corrected chi connectivity index (χ2v) is 7.74.